The van der Waals surface area contributed by atoms with E-state index in [9.17, 15) is 19.2 Å². The lowest BCUT2D eigenvalue weighted by atomic mass is 10.2. The third kappa shape index (κ3) is 4.72. The molecule has 1 N–H and O–H groups in total. The molecule has 1 aromatic rings. The molecule has 0 radical (unpaired) electrons. The highest BCUT2D eigenvalue weighted by Gasteiger charge is 2.53. The molecule has 0 spiro atoms. The van der Waals surface area contributed by atoms with Crippen LogP contribution >= 0.6 is 11.8 Å². The number of benzene rings is 1. The van der Waals surface area contributed by atoms with Crippen LogP contribution in [0.2, 0.25) is 0 Å². The van der Waals surface area contributed by atoms with E-state index in [1.807, 2.05) is 6.92 Å². The summed E-state index contributed by atoms with van der Waals surface area (Å²) in [5.74, 6) is -1.10. The lowest BCUT2D eigenvalue weighted by molar-refractivity contribution is -0.155. The van der Waals surface area contributed by atoms with E-state index in [0.29, 0.717) is 29.8 Å². The number of rotatable bonds is 6. The number of carbonyl (C=O) groups is 4. The van der Waals surface area contributed by atoms with Crippen LogP contribution in [0.5, 0.6) is 0 Å². The van der Waals surface area contributed by atoms with Gasteiger partial charge in [-0.3, -0.25) is 9.59 Å². The Morgan fingerprint density at radius 1 is 1.28 bits per heavy atom. The molecule has 2 atom stereocenters. The average Bonchev–Trinajstić information content (AvgIpc) is 3.16. The summed E-state index contributed by atoms with van der Waals surface area (Å²) in [6, 6.07) is 5.57. The molecule has 2 aliphatic rings. The van der Waals surface area contributed by atoms with E-state index in [0.717, 1.165) is 0 Å². The Bertz CT molecular complexity index is 825. The minimum atomic E-state index is -0.654. The maximum Gasteiger partial charge on any atom is 0.338 e. The number of thioether (sulfide) groups is 1. The van der Waals surface area contributed by atoms with E-state index in [4.69, 9.17) is 9.47 Å². The molecule has 1 aromatic carbocycles. The first-order valence-corrected chi connectivity index (χ1v) is 10.4. The van der Waals surface area contributed by atoms with E-state index in [-0.39, 0.29) is 16.9 Å². The zero-order valence-corrected chi connectivity index (χ0v) is 17.4. The zero-order chi connectivity index (χ0) is 21.2. The Kier molecular flexibility index (Phi) is 6.16. The van der Waals surface area contributed by atoms with Gasteiger partial charge in [0.2, 0.25) is 5.91 Å². The Morgan fingerprint density at radius 2 is 1.97 bits per heavy atom. The van der Waals surface area contributed by atoms with Gasteiger partial charge in [-0.05, 0) is 51.5 Å². The first kappa shape index (κ1) is 21.2. The van der Waals surface area contributed by atoms with E-state index in [2.05, 4.69) is 5.32 Å². The van der Waals surface area contributed by atoms with Gasteiger partial charge in [0.15, 0.2) is 6.61 Å². The fourth-order valence-corrected chi connectivity index (χ4v) is 4.81. The van der Waals surface area contributed by atoms with Crippen molar-refractivity contribution >= 4 is 41.2 Å². The van der Waals surface area contributed by atoms with Gasteiger partial charge in [-0.25, -0.2) is 9.59 Å². The summed E-state index contributed by atoms with van der Waals surface area (Å²) in [6.45, 7) is 5.02. The number of hydrogen-bond acceptors (Lipinski definition) is 7. The number of anilines is 1. The van der Waals surface area contributed by atoms with Gasteiger partial charge < -0.3 is 19.7 Å². The quantitative estimate of drug-likeness (QED) is 0.704. The molecule has 29 heavy (non-hydrogen) atoms. The third-order valence-electron chi connectivity index (χ3n) is 4.81. The predicted molar refractivity (Wildman–Crippen MR) is 107 cm³/mol. The fraction of sp³-hybridized carbons (Fsp3) is 0.500. The fourth-order valence-electron chi connectivity index (χ4n) is 3.40. The van der Waals surface area contributed by atoms with Crippen molar-refractivity contribution < 1.29 is 28.7 Å². The molecule has 2 saturated heterocycles. The van der Waals surface area contributed by atoms with Crippen molar-refractivity contribution in [3.05, 3.63) is 29.8 Å². The van der Waals surface area contributed by atoms with Crippen molar-refractivity contribution in [3.8, 4) is 0 Å². The molecule has 0 bridgehead atoms. The van der Waals surface area contributed by atoms with E-state index in [1.54, 1.807) is 54.8 Å². The normalized spacial score (nSPS) is 23.1. The number of fused-ring (bicyclic) bond motifs is 1. The summed E-state index contributed by atoms with van der Waals surface area (Å²) in [7, 11) is 0. The highest BCUT2D eigenvalue weighted by molar-refractivity contribution is 8.01. The number of amides is 2. The van der Waals surface area contributed by atoms with Crippen molar-refractivity contribution in [2.24, 2.45) is 0 Å². The van der Waals surface area contributed by atoms with Crippen LogP contribution in [0.4, 0.5) is 5.69 Å². The highest BCUT2D eigenvalue weighted by atomic mass is 32.2. The van der Waals surface area contributed by atoms with Gasteiger partial charge in [0.05, 0.1) is 16.5 Å². The monoisotopic (exact) mass is 420 g/mol. The molecular weight excluding hydrogens is 396 g/mol. The zero-order valence-electron chi connectivity index (χ0n) is 16.6. The van der Waals surface area contributed by atoms with E-state index >= 15 is 0 Å². The molecule has 2 aliphatic heterocycles. The molecule has 0 aliphatic carbocycles. The predicted octanol–water partition coefficient (Wildman–Crippen LogP) is 2.19. The second-order valence-electron chi connectivity index (χ2n) is 7.45. The summed E-state index contributed by atoms with van der Waals surface area (Å²) in [5.41, 5.74) is 0.839. The molecule has 156 valence electrons. The van der Waals surface area contributed by atoms with Crippen LogP contribution in [-0.4, -0.2) is 58.0 Å². The molecule has 3 rings (SSSR count). The number of nitrogens with one attached hydrogen (secondary N) is 1. The Morgan fingerprint density at radius 3 is 2.62 bits per heavy atom. The molecule has 9 heteroatoms. The largest absolute Gasteiger partial charge is 0.459 e. The molecule has 2 fully saturated rings. The lowest BCUT2D eigenvalue weighted by Gasteiger charge is -2.29. The molecule has 8 nitrogen and oxygen atoms in total. The minimum Gasteiger partial charge on any atom is -0.459 e. The van der Waals surface area contributed by atoms with Gasteiger partial charge in [-0.1, -0.05) is 0 Å². The van der Waals surface area contributed by atoms with Gasteiger partial charge in [0, 0.05) is 17.9 Å². The van der Waals surface area contributed by atoms with Gasteiger partial charge in [0.25, 0.3) is 5.91 Å². The SMILES string of the molecule is CC(C)OC(=O)c1ccc(NC(=O)COC(=O)[C@@H]2CS[C@]3(C)CCC(=O)N23)cc1. The summed E-state index contributed by atoms with van der Waals surface area (Å²) in [5, 5.41) is 2.60. The maximum atomic E-state index is 12.4. The first-order chi connectivity index (χ1) is 13.7. The molecule has 2 heterocycles. The van der Waals surface area contributed by atoms with Crippen molar-refractivity contribution in [1.29, 1.82) is 0 Å². The van der Waals surface area contributed by atoms with Crippen LogP contribution in [0.15, 0.2) is 24.3 Å². The highest BCUT2D eigenvalue weighted by Crippen LogP contribution is 2.47. The summed E-state index contributed by atoms with van der Waals surface area (Å²) >= 11 is 1.57. The molecule has 0 saturated carbocycles. The minimum absolute atomic E-state index is 0.0556. The Balaban J connectivity index is 1.49. The molecule has 0 aromatic heterocycles. The van der Waals surface area contributed by atoms with Gasteiger partial charge in [-0.2, -0.15) is 0 Å². The number of ether oxygens (including phenoxy) is 2. The first-order valence-electron chi connectivity index (χ1n) is 9.43. The van der Waals surface area contributed by atoms with Gasteiger partial charge in [-0.15, -0.1) is 11.8 Å². The van der Waals surface area contributed by atoms with Crippen LogP contribution in [0.25, 0.3) is 0 Å². The standard InChI is InChI=1S/C20H24N2O6S/c1-12(2)28-18(25)13-4-6-14(7-5-13)21-16(23)10-27-19(26)15-11-29-20(3)9-8-17(24)22(15)20/h4-7,12,15H,8-11H2,1-3H3,(H,21,23)/t15-,20+/m0/s1. The lowest BCUT2D eigenvalue weighted by Crippen LogP contribution is -2.47. The summed E-state index contributed by atoms with van der Waals surface area (Å²) < 4.78 is 10.2. The van der Waals surface area contributed by atoms with Gasteiger partial charge in [0.1, 0.15) is 6.04 Å². The topological polar surface area (TPSA) is 102 Å². The van der Waals surface area contributed by atoms with Crippen molar-refractivity contribution in [2.75, 3.05) is 17.7 Å². The van der Waals surface area contributed by atoms with Gasteiger partial charge >= 0.3 is 11.9 Å². The van der Waals surface area contributed by atoms with Crippen LogP contribution in [0.1, 0.15) is 44.0 Å². The van der Waals surface area contributed by atoms with Crippen LogP contribution < -0.4 is 5.32 Å². The van der Waals surface area contributed by atoms with Crippen LogP contribution in [0, 0.1) is 0 Å². The second-order valence-corrected chi connectivity index (χ2v) is 8.95. The van der Waals surface area contributed by atoms with Crippen LogP contribution in [-0.2, 0) is 23.9 Å². The molecule has 2 amide bonds. The third-order valence-corrected chi connectivity index (χ3v) is 6.31. The van der Waals surface area contributed by atoms with E-state index in [1.165, 1.54) is 0 Å². The summed E-state index contributed by atoms with van der Waals surface area (Å²) in [4.78, 5) is 49.6. The van der Waals surface area contributed by atoms with Crippen molar-refractivity contribution in [3.63, 3.8) is 0 Å². The number of esters is 2. The maximum absolute atomic E-state index is 12.4. The van der Waals surface area contributed by atoms with Crippen molar-refractivity contribution in [1.82, 2.24) is 4.90 Å². The van der Waals surface area contributed by atoms with E-state index < -0.39 is 30.5 Å². The molecular formula is C20H24N2O6S. The Hall–Kier alpha value is -2.55. The molecule has 0 unspecified atom stereocenters. The number of hydrogen-bond donors (Lipinski definition) is 1. The van der Waals surface area contributed by atoms with Crippen LogP contribution in [0.3, 0.4) is 0 Å². The van der Waals surface area contributed by atoms with Crippen molar-refractivity contribution in [2.45, 2.75) is 50.6 Å². The summed E-state index contributed by atoms with van der Waals surface area (Å²) in [6.07, 6.45) is 0.916. The smallest absolute Gasteiger partial charge is 0.338 e. The average molecular weight is 420 g/mol. The number of carbonyl (C=O) groups excluding carboxylic acids is 4. The number of nitrogens with zero attached hydrogens (tertiary/aromatic N) is 1. The second kappa shape index (κ2) is 8.44. The Labute approximate surface area is 173 Å².